The summed E-state index contributed by atoms with van der Waals surface area (Å²) in [6, 6.07) is 15.7. The van der Waals surface area contributed by atoms with Crippen LogP contribution in [0.5, 0.6) is 0 Å². The number of ether oxygens (including phenoxy) is 2. The largest absolute Gasteiger partial charge is 0.465 e. The second kappa shape index (κ2) is 10.3. The van der Waals surface area contributed by atoms with Crippen LogP contribution in [0.1, 0.15) is 52.1 Å². The van der Waals surface area contributed by atoms with Gasteiger partial charge in [0.15, 0.2) is 0 Å². The van der Waals surface area contributed by atoms with Crippen LogP contribution >= 0.6 is 0 Å². The fraction of sp³-hybridized carbons (Fsp3) is 0.407. The Hall–Kier alpha value is -2.96. The van der Waals surface area contributed by atoms with E-state index in [4.69, 9.17) is 9.47 Å². The Labute approximate surface area is 195 Å². The van der Waals surface area contributed by atoms with Crippen molar-refractivity contribution >= 4 is 17.4 Å². The van der Waals surface area contributed by atoms with Crippen LogP contribution in [0.2, 0.25) is 0 Å². The van der Waals surface area contributed by atoms with Gasteiger partial charge in [-0.3, -0.25) is 9.69 Å². The molecule has 174 valence electrons. The molecule has 6 heteroatoms. The average Bonchev–Trinajstić information content (AvgIpc) is 2.84. The van der Waals surface area contributed by atoms with E-state index in [0.29, 0.717) is 18.8 Å². The van der Waals surface area contributed by atoms with Gasteiger partial charge in [-0.1, -0.05) is 36.4 Å². The van der Waals surface area contributed by atoms with Crippen molar-refractivity contribution in [1.29, 1.82) is 0 Å². The van der Waals surface area contributed by atoms with E-state index in [1.54, 1.807) is 12.1 Å². The van der Waals surface area contributed by atoms with Gasteiger partial charge in [-0.25, -0.2) is 4.79 Å². The van der Waals surface area contributed by atoms with Gasteiger partial charge < -0.3 is 14.4 Å². The van der Waals surface area contributed by atoms with E-state index < -0.39 is 0 Å². The van der Waals surface area contributed by atoms with Gasteiger partial charge in [0.05, 0.1) is 25.9 Å². The summed E-state index contributed by atoms with van der Waals surface area (Å²) in [6.45, 7) is 7.92. The van der Waals surface area contributed by atoms with Gasteiger partial charge in [0, 0.05) is 37.3 Å². The summed E-state index contributed by atoms with van der Waals surface area (Å²) in [4.78, 5) is 29.8. The molecule has 0 N–H and O–H groups in total. The predicted molar refractivity (Wildman–Crippen MR) is 128 cm³/mol. The number of esters is 1. The summed E-state index contributed by atoms with van der Waals surface area (Å²) in [5.74, 6) is -0.229. The van der Waals surface area contributed by atoms with Crippen LogP contribution in [0, 0.1) is 0 Å². The number of carbonyl (C=O) groups excluding carboxylic acids is 2. The van der Waals surface area contributed by atoms with Crippen LogP contribution in [0.15, 0.2) is 54.6 Å². The molecule has 4 rings (SSSR count). The summed E-state index contributed by atoms with van der Waals surface area (Å²) in [7, 11) is 1.39. The Balaban J connectivity index is 1.46. The lowest BCUT2D eigenvalue weighted by Crippen LogP contribution is -2.58. The predicted octanol–water partition coefficient (Wildman–Crippen LogP) is 4.01. The Morgan fingerprint density at radius 3 is 2.36 bits per heavy atom. The molecule has 0 spiro atoms. The van der Waals surface area contributed by atoms with Crippen LogP contribution in [0.4, 0.5) is 0 Å². The molecule has 0 aliphatic carbocycles. The molecular weight excluding hydrogens is 416 g/mol. The van der Waals surface area contributed by atoms with Gasteiger partial charge in [-0.2, -0.15) is 0 Å². The zero-order valence-electron chi connectivity index (χ0n) is 19.6. The number of benzene rings is 2. The van der Waals surface area contributed by atoms with Crippen molar-refractivity contribution in [2.24, 2.45) is 0 Å². The van der Waals surface area contributed by atoms with Gasteiger partial charge in [-0.15, -0.1) is 0 Å². The summed E-state index contributed by atoms with van der Waals surface area (Å²) in [6.07, 6.45) is 2.92. The molecule has 2 aromatic rings. The fourth-order valence-electron chi connectivity index (χ4n) is 4.94. The first-order valence-electron chi connectivity index (χ1n) is 11.6. The van der Waals surface area contributed by atoms with E-state index in [2.05, 4.69) is 24.8 Å². The lowest BCUT2D eigenvalue weighted by molar-refractivity contribution is 0.0268. The van der Waals surface area contributed by atoms with E-state index in [1.165, 1.54) is 12.7 Å². The normalized spacial score (nSPS) is 21.4. The zero-order chi connectivity index (χ0) is 23.4. The van der Waals surface area contributed by atoms with Crippen LogP contribution in [0.3, 0.4) is 0 Å². The van der Waals surface area contributed by atoms with E-state index in [0.717, 1.165) is 42.7 Å². The molecule has 0 radical (unpaired) electrons. The number of nitrogens with zero attached hydrogens (tertiary/aromatic N) is 2. The molecule has 6 nitrogen and oxygen atoms in total. The second-order valence-corrected chi connectivity index (χ2v) is 8.89. The third kappa shape index (κ3) is 5.18. The molecule has 2 aromatic carbocycles. The van der Waals surface area contributed by atoms with Gasteiger partial charge in [-0.05, 0) is 55.2 Å². The fourth-order valence-corrected chi connectivity index (χ4v) is 4.94. The Morgan fingerprint density at radius 2 is 1.73 bits per heavy atom. The highest BCUT2D eigenvalue weighted by Crippen LogP contribution is 2.28. The highest BCUT2D eigenvalue weighted by molar-refractivity contribution is 5.99. The standard InChI is InChI=1S/C27H32N2O4/c1-19-16-28(18-21-8-10-23(11-9-21)27(31)32-3)17-20(2)29(19)26(30)25-7-5-4-6-24(25)22-12-14-33-15-13-22/h4-12,19-20H,13-18H2,1-3H3/t19-,20+. The Bertz CT molecular complexity index is 1020. The quantitative estimate of drug-likeness (QED) is 0.647. The lowest BCUT2D eigenvalue weighted by atomic mass is 9.94. The molecule has 1 saturated heterocycles. The molecule has 2 aliphatic heterocycles. The number of rotatable bonds is 5. The maximum absolute atomic E-state index is 13.7. The molecule has 0 aromatic heterocycles. The van der Waals surface area contributed by atoms with Gasteiger partial charge in [0.25, 0.3) is 5.91 Å². The van der Waals surface area contributed by atoms with Crippen LogP contribution in [0.25, 0.3) is 5.57 Å². The first-order valence-corrected chi connectivity index (χ1v) is 11.6. The summed E-state index contributed by atoms with van der Waals surface area (Å²) in [5, 5.41) is 0. The summed E-state index contributed by atoms with van der Waals surface area (Å²) >= 11 is 0. The van der Waals surface area contributed by atoms with Crippen molar-refractivity contribution in [2.75, 3.05) is 33.4 Å². The number of hydrogen-bond acceptors (Lipinski definition) is 5. The molecule has 1 fully saturated rings. The van der Waals surface area contributed by atoms with Crippen molar-refractivity contribution in [1.82, 2.24) is 9.80 Å². The molecule has 33 heavy (non-hydrogen) atoms. The Kier molecular flexibility index (Phi) is 7.26. The minimum Gasteiger partial charge on any atom is -0.465 e. The average molecular weight is 449 g/mol. The monoisotopic (exact) mass is 448 g/mol. The molecule has 0 unspecified atom stereocenters. The SMILES string of the molecule is COC(=O)c1ccc(CN2C[C@@H](C)N(C(=O)c3ccccc3C3=CCOCC3)[C@@H](C)C2)cc1. The van der Waals surface area contributed by atoms with Crippen LogP contribution < -0.4 is 0 Å². The molecular formula is C27H32N2O4. The summed E-state index contributed by atoms with van der Waals surface area (Å²) in [5.41, 5.74) is 4.68. The van der Waals surface area contributed by atoms with E-state index >= 15 is 0 Å². The number of hydrogen-bond donors (Lipinski definition) is 0. The van der Waals surface area contributed by atoms with Crippen molar-refractivity contribution in [3.05, 3.63) is 76.9 Å². The van der Waals surface area contributed by atoms with E-state index in [9.17, 15) is 9.59 Å². The first-order chi connectivity index (χ1) is 16.0. The highest BCUT2D eigenvalue weighted by Gasteiger charge is 2.34. The van der Waals surface area contributed by atoms with Crippen molar-refractivity contribution < 1.29 is 19.1 Å². The number of amides is 1. The molecule has 0 bridgehead atoms. The molecule has 1 amide bonds. The van der Waals surface area contributed by atoms with Crippen molar-refractivity contribution in [2.45, 2.75) is 38.9 Å². The lowest BCUT2D eigenvalue weighted by Gasteiger charge is -2.44. The van der Waals surface area contributed by atoms with Gasteiger partial charge in [0.1, 0.15) is 0 Å². The maximum Gasteiger partial charge on any atom is 0.337 e. The third-order valence-corrected chi connectivity index (χ3v) is 6.48. The van der Waals surface area contributed by atoms with Gasteiger partial charge >= 0.3 is 5.97 Å². The van der Waals surface area contributed by atoms with Crippen LogP contribution in [-0.2, 0) is 16.0 Å². The highest BCUT2D eigenvalue weighted by atomic mass is 16.5. The topological polar surface area (TPSA) is 59.1 Å². The molecule has 2 aliphatic rings. The second-order valence-electron chi connectivity index (χ2n) is 8.89. The third-order valence-electron chi connectivity index (χ3n) is 6.48. The van der Waals surface area contributed by atoms with E-state index in [1.807, 2.05) is 41.3 Å². The zero-order valence-corrected chi connectivity index (χ0v) is 19.6. The van der Waals surface area contributed by atoms with E-state index in [-0.39, 0.29) is 24.0 Å². The maximum atomic E-state index is 13.7. The smallest absolute Gasteiger partial charge is 0.337 e. The minimum absolute atomic E-state index is 0.0901. The molecule has 2 heterocycles. The van der Waals surface area contributed by atoms with Crippen molar-refractivity contribution in [3.63, 3.8) is 0 Å². The molecule has 0 saturated carbocycles. The first kappa shape index (κ1) is 23.2. The number of carbonyl (C=O) groups is 2. The van der Waals surface area contributed by atoms with Crippen molar-refractivity contribution in [3.8, 4) is 0 Å². The van der Waals surface area contributed by atoms with Crippen LogP contribution in [-0.4, -0.2) is 67.2 Å². The number of piperazine rings is 1. The van der Waals surface area contributed by atoms with Gasteiger partial charge in [0.2, 0.25) is 0 Å². The summed E-state index contributed by atoms with van der Waals surface area (Å²) < 4.78 is 10.2. The minimum atomic E-state index is -0.326. The molecule has 2 atom stereocenters. The Morgan fingerprint density at radius 1 is 1.03 bits per heavy atom. The number of methoxy groups -OCH3 is 1.